The van der Waals surface area contributed by atoms with Gasteiger partial charge in [-0.05, 0) is 42.0 Å². The minimum atomic E-state index is 0. The molecule has 0 radical (unpaired) electrons. The summed E-state index contributed by atoms with van der Waals surface area (Å²) in [6.07, 6.45) is 2.01. The van der Waals surface area contributed by atoms with Crippen LogP contribution in [-0.4, -0.2) is 45.2 Å². The molecule has 0 amide bonds. The van der Waals surface area contributed by atoms with Crippen LogP contribution in [0.4, 0.5) is 0 Å². The summed E-state index contributed by atoms with van der Waals surface area (Å²) in [6.45, 7) is 1.82. The number of nitrogens with one attached hydrogen (secondary N) is 1. The van der Waals surface area contributed by atoms with Crippen LogP contribution in [0, 0.1) is 0 Å². The van der Waals surface area contributed by atoms with Crippen molar-refractivity contribution in [3.05, 3.63) is 52.2 Å². The van der Waals surface area contributed by atoms with E-state index in [0.717, 1.165) is 37.6 Å². The van der Waals surface area contributed by atoms with Gasteiger partial charge in [-0.3, -0.25) is 4.99 Å². The molecule has 0 saturated heterocycles. The first-order chi connectivity index (χ1) is 11.2. The van der Waals surface area contributed by atoms with E-state index in [0.29, 0.717) is 0 Å². The monoisotopic (exact) mass is 459 g/mol. The third-order valence-electron chi connectivity index (χ3n) is 3.70. The Morgan fingerprint density at radius 3 is 2.54 bits per heavy atom. The van der Waals surface area contributed by atoms with E-state index in [-0.39, 0.29) is 24.0 Å². The van der Waals surface area contributed by atoms with Crippen LogP contribution >= 0.6 is 35.3 Å². The van der Waals surface area contributed by atoms with Gasteiger partial charge >= 0.3 is 0 Å². The number of likely N-dealkylation sites (N-methyl/N-ethyl adjacent to an activating group) is 1. The van der Waals surface area contributed by atoms with Gasteiger partial charge in [0.2, 0.25) is 0 Å². The lowest BCUT2D eigenvalue weighted by molar-refractivity contribution is 0.414. The lowest BCUT2D eigenvalue weighted by Gasteiger charge is -2.21. The Hall–Kier alpha value is -1.28. The summed E-state index contributed by atoms with van der Waals surface area (Å²) in [5.74, 6) is 1.83. The number of aliphatic imine (C=N–C) groups is 1. The van der Waals surface area contributed by atoms with E-state index in [1.54, 1.807) is 18.4 Å². The number of benzene rings is 1. The summed E-state index contributed by atoms with van der Waals surface area (Å²) in [5.41, 5.74) is 1.29. The highest BCUT2D eigenvalue weighted by molar-refractivity contribution is 14.0. The highest BCUT2D eigenvalue weighted by Crippen LogP contribution is 2.11. The zero-order valence-electron chi connectivity index (χ0n) is 14.5. The maximum atomic E-state index is 5.18. The third kappa shape index (κ3) is 6.68. The van der Waals surface area contributed by atoms with Crippen LogP contribution in [0.3, 0.4) is 0 Å². The van der Waals surface area contributed by atoms with Crippen molar-refractivity contribution >= 4 is 41.3 Å². The van der Waals surface area contributed by atoms with Crippen LogP contribution < -0.4 is 10.1 Å². The number of hydrogen-bond acceptors (Lipinski definition) is 3. The number of rotatable bonds is 7. The molecule has 1 heterocycles. The highest BCUT2D eigenvalue weighted by atomic mass is 127. The van der Waals surface area contributed by atoms with E-state index >= 15 is 0 Å². The molecule has 0 atom stereocenters. The quantitative estimate of drug-likeness (QED) is 0.390. The Morgan fingerprint density at radius 1 is 1.21 bits per heavy atom. The Morgan fingerprint density at radius 2 is 1.96 bits per heavy atom. The van der Waals surface area contributed by atoms with Crippen molar-refractivity contribution < 1.29 is 4.74 Å². The van der Waals surface area contributed by atoms with E-state index in [9.17, 15) is 0 Å². The number of halogens is 1. The normalized spacial score (nSPS) is 10.9. The minimum Gasteiger partial charge on any atom is -0.497 e. The van der Waals surface area contributed by atoms with Gasteiger partial charge in [-0.15, -0.1) is 35.3 Å². The maximum Gasteiger partial charge on any atom is 0.193 e. The first-order valence-electron chi connectivity index (χ1n) is 7.80. The molecule has 0 fully saturated rings. The van der Waals surface area contributed by atoms with Crippen molar-refractivity contribution in [1.82, 2.24) is 10.2 Å². The first kappa shape index (κ1) is 20.8. The molecule has 1 aromatic carbocycles. The number of thiophene rings is 1. The molecule has 0 bridgehead atoms. The molecule has 24 heavy (non-hydrogen) atoms. The number of guanidine groups is 1. The second kappa shape index (κ2) is 11.3. The minimum absolute atomic E-state index is 0. The summed E-state index contributed by atoms with van der Waals surface area (Å²) < 4.78 is 5.18. The predicted molar refractivity (Wildman–Crippen MR) is 114 cm³/mol. The topological polar surface area (TPSA) is 36.9 Å². The summed E-state index contributed by atoms with van der Waals surface area (Å²) >= 11 is 1.81. The molecule has 1 N–H and O–H groups in total. The van der Waals surface area contributed by atoms with Crippen molar-refractivity contribution in [2.24, 2.45) is 4.99 Å². The molecule has 0 saturated carbocycles. The van der Waals surface area contributed by atoms with Gasteiger partial charge in [0.1, 0.15) is 5.75 Å². The van der Waals surface area contributed by atoms with E-state index < -0.39 is 0 Å². The van der Waals surface area contributed by atoms with Crippen LogP contribution in [-0.2, 0) is 12.8 Å². The van der Waals surface area contributed by atoms with Gasteiger partial charge < -0.3 is 15.0 Å². The SMILES string of the molecule is CN=C(NCCc1ccc(OC)cc1)N(C)CCc1cccs1.I. The van der Waals surface area contributed by atoms with Gasteiger partial charge in [0, 0.05) is 32.1 Å². The average molecular weight is 459 g/mol. The smallest absolute Gasteiger partial charge is 0.193 e. The fourth-order valence-corrected chi connectivity index (χ4v) is 3.03. The third-order valence-corrected chi connectivity index (χ3v) is 4.64. The summed E-state index contributed by atoms with van der Waals surface area (Å²) in [7, 11) is 5.60. The van der Waals surface area contributed by atoms with Crippen molar-refractivity contribution in [3.8, 4) is 5.75 Å². The Labute approximate surface area is 166 Å². The number of nitrogens with zero attached hydrogens (tertiary/aromatic N) is 2. The van der Waals surface area contributed by atoms with Crippen molar-refractivity contribution in [1.29, 1.82) is 0 Å². The molecule has 2 aromatic rings. The van der Waals surface area contributed by atoms with E-state index in [4.69, 9.17) is 4.74 Å². The Balaban J connectivity index is 0.00000288. The number of hydrogen-bond donors (Lipinski definition) is 1. The van der Waals surface area contributed by atoms with Gasteiger partial charge in [-0.25, -0.2) is 0 Å². The Kier molecular flexibility index (Phi) is 9.78. The molecule has 6 heteroatoms. The molecular weight excluding hydrogens is 433 g/mol. The largest absolute Gasteiger partial charge is 0.497 e. The summed E-state index contributed by atoms with van der Waals surface area (Å²) in [6, 6.07) is 12.5. The maximum absolute atomic E-state index is 5.18. The zero-order chi connectivity index (χ0) is 16.5. The zero-order valence-corrected chi connectivity index (χ0v) is 17.6. The van der Waals surface area contributed by atoms with Gasteiger partial charge in [0.25, 0.3) is 0 Å². The van der Waals surface area contributed by atoms with Crippen molar-refractivity contribution in [2.75, 3.05) is 34.3 Å². The van der Waals surface area contributed by atoms with Gasteiger partial charge in [-0.2, -0.15) is 0 Å². The average Bonchev–Trinajstić information content (AvgIpc) is 3.10. The van der Waals surface area contributed by atoms with Crippen LogP contribution in [0.15, 0.2) is 46.8 Å². The summed E-state index contributed by atoms with van der Waals surface area (Å²) in [5, 5.41) is 5.55. The summed E-state index contributed by atoms with van der Waals surface area (Å²) in [4.78, 5) is 7.94. The second-order valence-corrected chi connectivity index (χ2v) is 6.36. The first-order valence-corrected chi connectivity index (χ1v) is 8.68. The highest BCUT2D eigenvalue weighted by Gasteiger charge is 2.06. The van der Waals surface area contributed by atoms with Crippen LogP contribution in [0.2, 0.25) is 0 Å². The molecular formula is C18H26IN3OS. The fourth-order valence-electron chi connectivity index (χ4n) is 2.33. The van der Waals surface area contributed by atoms with Crippen LogP contribution in [0.25, 0.3) is 0 Å². The second-order valence-electron chi connectivity index (χ2n) is 5.32. The molecule has 132 valence electrons. The van der Waals surface area contributed by atoms with E-state index in [2.05, 4.69) is 51.9 Å². The molecule has 1 aromatic heterocycles. The lowest BCUT2D eigenvalue weighted by atomic mass is 10.1. The standard InChI is InChI=1S/C18H25N3OS.HI/c1-19-18(21(2)13-11-17-5-4-14-23-17)20-12-10-15-6-8-16(22-3)9-7-15;/h4-9,14H,10-13H2,1-3H3,(H,19,20);1H. The van der Waals surface area contributed by atoms with Crippen molar-refractivity contribution in [2.45, 2.75) is 12.8 Å². The predicted octanol–water partition coefficient (Wildman–Crippen LogP) is 3.67. The molecule has 0 aliphatic heterocycles. The van der Waals surface area contributed by atoms with Gasteiger partial charge in [0.05, 0.1) is 7.11 Å². The van der Waals surface area contributed by atoms with E-state index in [1.807, 2.05) is 19.2 Å². The fraction of sp³-hybridized carbons (Fsp3) is 0.389. The van der Waals surface area contributed by atoms with Gasteiger partial charge in [0.15, 0.2) is 5.96 Å². The Bertz CT molecular complexity index is 599. The number of methoxy groups -OCH3 is 1. The molecule has 0 aliphatic carbocycles. The lowest BCUT2D eigenvalue weighted by Crippen LogP contribution is -2.40. The molecule has 0 spiro atoms. The van der Waals surface area contributed by atoms with Crippen LogP contribution in [0.1, 0.15) is 10.4 Å². The van der Waals surface area contributed by atoms with Crippen molar-refractivity contribution in [3.63, 3.8) is 0 Å². The molecule has 2 rings (SSSR count). The van der Waals surface area contributed by atoms with E-state index in [1.165, 1.54) is 10.4 Å². The van der Waals surface area contributed by atoms with Crippen LogP contribution in [0.5, 0.6) is 5.75 Å². The van der Waals surface area contributed by atoms with Gasteiger partial charge in [-0.1, -0.05) is 18.2 Å². The number of ether oxygens (including phenoxy) is 1. The molecule has 0 aliphatic rings. The molecule has 4 nitrogen and oxygen atoms in total. The molecule has 0 unspecified atom stereocenters.